The minimum Gasteiger partial charge on any atom is -0.507 e. The first-order chi connectivity index (χ1) is 11.6. The molecule has 0 spiro atoms. The van der Waals surface area contributed by atoms with Gasteiger partial charge in [-0.15, -0.1) is 0 Å². The van der Waals surface area contributed by atoms with Gasteiger partial charge in [0, 0.05) is 22.1 Å². The number of aromatic hydroxyl groups is 1. The highest BCUT2D eigenvalue weighted by molar-refractivity contribution is 9.10. The van der Waals surface area contributed by atoms with E-state index in [1.165, 1.54) is 0 Å². The maximum atomic E-state index is 12.8. The number of ketones is 1. The van der Waals surface area contributed by atoms with Crippen molar-refractivity contribution in [1.82, 2.24) is 0 Å². The third-order valence-corrected chi connectivity index (χ3v) is 4.40. The van der Waals surface area contributed by atoms with Crippen molar-refractivity contribution in [3.05, 3.63) is 87.9 Å². The third kappa shape index (κ3) is 3.25. The highest BCUT2D eigenvalue weighted by Crippen LogP contribution is 2.31. The van der Waals surface area contributed by atoms with Crippen LogP contribution in [-0.4, -0.2) is 10.9 Å². The Kier molecular flexibility index (Phi) is 4.79. The first-order valence-electron chi connectivity index (χ1n) is 7.52. The number of hydrogen-bond acceptors (Lipinski definition) is 3. The molecule has 4 heteroatoms. The molecule has 24 heavy (non-hydrogen) atoms. The summed E-state index contributed by atoms with van der Waals surface area (Å²) >= 11 is 3.35. The van der Waals surface area contributed by atoms with Gasteiger partial charge in [0.1, 0.15) is 5.75 Å². The van der Waals surface area contributed by atoms with E-state index in [9.17, 15) is 9.90 Å². The monoisotopic (exact) mass is 381 g/mol. The van der Waals surface area contributed by atoms with Crippen LogP contribution in [0.15, 0.2) is 71.2 Å². The third-order valence-electron chi connectivity index (χ3n) is 3.87. The van der Waals surface area contributed by atoms with Crippen molar-refractivity contribution in [3.8, 4) is 16.9 Å². The normalized spacial score (nSPS) is 10.6. The topological polar surface area (TPSA) is 63.3 Å². The van der Waals surface area contributed by atoms with Crippen molar-refractivity contribution in [2.24, 2.45) is 5.73 Å². The van der Waals surface area contributed by atoms with Crippen molar-refractivity contribution in [3.63, 3.8) is 0 Å². The number of nitrogens with two attached hydrogens (primary N) is 1. The van der Waals surface area contributed by atoms with E-state index in [1.807, 2.05) is 36.4 Å². The molecule has 3 N–H and O–H groups in total. The Balaban J connectivity index is 2.12. The van der Waals surface area contributed by atoms with Gasteiger partial charge in [-0.05, 0) is 47.5 Å². The number of benzene rings is 3. The van der Waals surface area contributed by atoms with Gasteiger partial charge in [0.2, 0.25) is 0 Å². The Morgan fingerprint density at radius 3 is 2.25 bits per heavy atom. The summed E-state index contributed by atoms with van der Waals surface area (Å²) in [6.45, 7) is 0.160. The molecular weight excluding hydrogens is 366 g/mol. The molecule has 0 atom stereocenters. The SMILES string of the molecule is NCc1cc(-c2ccccc2)cc(C(=O)c2ccc(Br)cc2)c1O. The maximum Gasteiger partial charge on any atom is 0.196 e. The minimum atomic E-state index is -0.229. The summed E-state index contributed by atoms with van der Waals surface area (Å²) in [6, 6.07) is 20.3. The van der Waals surface area contributed by atoms with Gasteiger partial charge >= 0.3 is 0 Å². The molecule has 0 amide bonds. The second-order valence-electron chi connectivity index (χ2n) is 5.44. The van der Waals surface area contributed by atoms with Gasteiger partial charge in [0.15, 0.2) is 5.78 Å². The van der Waals surface area contributed by atoms with Crippen LogP contribution in [0.1, 0.15) is 21.5 Å². The Hall–Kier alpha value is -2.43. The smallest absolute Gasteiger partial charge is 0.196 e. The number of phenols is 1. The van der Waals surface area contributed by atoms with Gasteiger partial charge in [0.05, 0.1) is 5.56 Å². The summed E-state index contributed by atoms with van der Waals surface area (Å²) in [5.74, 6) is -0.280. The standard InChI is InChI=1S/C20H16BrNO2/c21-17-8-6-14(7-9-17)19(23)18-11-15(10-16(12-22)20(18)24)13-4-2-1-3-5-13/h1-11,24H,12,22H2. The summed E-state index contributed by atoms with van der Waals surface area (Å²) in [6.07, 6.45) is 0. The molecule has 0 radical (unpaired) electrons. The van der Waals surface area contributed by atoms with E-state index in [1.54, 1.807) is 30.3 Å². The van der Waals surface area contributed by atoms with Crippen LogP contribution < -0.4 is 5.73 Å². The van der Waals surface area contributed by atoms with Crippen molar-refractivity contribution in [2.45, 2.75) is 6.54 Å². The molecule has 0 bridgehead atoms. The zero-order chi connectivity index (χ0) is 17.1. The molecule has 3 aromatic carbocycles. The summed E-state index contributed by atoms with van der Waals surface area (Å²) in [7, 11) is 0. The minimum absolute atomic E-state index is 0.0508. The van der Waals surface area contributed by atoms with Crippen molar-refractivity contribution < 1.29 is 9.90 Å². The van der Waals surface area contributed by atoms with Crippen molar-refractivity contribution >= 4 is 21.7 Å². The fraction of sp³-hybridized carbons (Fsp3) is 0.0500. The van der Waals surface area contributed by atoms with Gasteiger partial charge in [-0.3, -0.25) is 4.79 Å². The van der Waals surface area contributed by atoms with Gasteiger partial charge in [-0.25, -0.2) is 0 Å². The summed E-state index contributed by atoms with van der Waals surface area (Å²) in [5, 5.41) is 10.4. The second-order valence-corrected chi connectivity index (χ2v) is 6.35. The highest BCUT2D eigenvalue weighted by atomic mass is 79.9. The Bertz CT molecular complexity index is 874. The molecule has 0 aromatic heterocycles. The van der Waals surface area contributed by atoms with E-state index >= 15 is 0 Å². The lowest BCUT2D eigenvalue weighted by molar-refractivity contribution is 0.103. The van der Waals surface area contributed by atoms with Crippen LogP contribution in [0.2, 0.25) is 0 Å². The molecule has 0 heterocycles. The van der Waals surface area contributed by atoms with Crippen LogP contribution in [0.25, 0.3) is 11.1 Å². The summed E-state index contributed by atoms with van der Waals surface area (Å²) in [5.41, 5.74) is 8.90. The zero-order valence-corrected chi connectivity index (χ0v) is 14.5. The average Bonchev–Trinajstić information content (AvgIpc) is 2.63. The largest absolute Gasteiger partial charge is 0.507 e. The van der Waals surface area contributed by atoms with Crippen LogP contribution in [0.4, 0.5) is 0 Å². The number of halogens is 1. The molecule has 0 aliphatic heterocycles. The quantitative estimate of drug-likeness (QED) is 0.653. The first kappa shape index (κ1) is 16.4. The summed E-state index contributed by atoms with van der Waals surface area (Å²) < 4.78 is 0.893. The number of phenolic OH excluding ortho intramolecular Hbond substituents is 1. The molecule has 0 saturated carbocycles. The van der Waals surface area contributed by atoms with E-state index in [-0.39, 0.29) is 23.6 Å². The van der Waals surface area contributed by atoms with Gasteiger partial charge in [-0.2, -0.15) is 0 Å². The Morgan fingerprint density at radius 2 is 1.62 bits per heavy atom. The molecule has 3 nitrogen and oxygen atoms in total. The van der Waals surface area contributed by atoms with E-state index in [0.29, 0.717) is 11.1 Å². The number of carbonyl (C=O) groups is 1. The van der Waals surface area contributed by atoms with Crippen LogP contribution >= 0.6 is 15.9 Å². The van der Waals surface area contributed by atoms with Crippen molar-refractivity contribution in [1.29, 1.82) is 0 Å². The van der Waals surface area contributed by atoms with E-state index in [4.69, 9.17) is 5.73 Å². The van der Waals surface area contributed by atoms with E-state index in [2.05, 4.69) is 15.9 Å². The molecule has 3 aromatic rings. The maximum absolute atomic E-state index is 12.8. The second kappa shape index (κ2) is 6.99. The van der Waals surface area contributed by atoms with Crippen LogP contribution in [0.5, 0.6) is 5.75 Å². The highest BCUT2D eigenvalue weighted by Gasteiger charge is 2.18. The van der Waals surface area contributed by atoms with Crippen LogP contribution in [0.3, 0.4) is 0 Å². The predicted octanol–water partition coefficient (Wildman–Crippen LogP) is 4.51. The molecular formula is C20H16BrNO2. The lowest BCUT2D eigenvalue weighted by atomic mass is 9.94. The van der Waals surface area contributed by atoms with Gasteiger partial charge in [-0.1, -0.05) is 46.3 Å². The molecule has 0 aliphatic rings. The van der Waals surface area contributed by atoms with E-state index < -0.39 is 0 Å². The van der Waals surface area contributed by atoms with Gasteiger partial charge in [0.25, 0.3) is 0 Å². The van der Waals surface area contributed by atoms with Crippen LogP contribution in [0, 0.1) is 0 Å². The Labute approximate surface area is 148 Å². The molecule has 0 unspecified atom stereocenters. The number of carbonyl (C=O) groups excluding carboxylic acids is 1. The molecule has 0 aliphatic carbocycles. The molecule has 120 valence electrons. The zero-order valence-electron chi connectivity index (χ0n) is 12.9. The van der Waals surface area contributed by atoms with Gasteiger partial charge < -0.3 is 10.8 Å². The lowest BCUT2D eigenvalue weighted by Gasteiger charge is -2.12. The predicted molar refractivity (Wildman–Crippen MR) is 99.0 cm³/mol. The molecule has 3 rings (SSSR count). The van der Waals surface area contributed by atoms with Crippen molar-refractivity contribution in [2.75, 3.05) is 0 Å². The average molecular weight is 382 g/mol. The summed E-state index contributed by atoms with van der Waals surface area (Å²) in [4.78, 5) is 12.8. The van der Waals surface area contributed by atoms with Crippen LogP contribution in [-0.2, 0) is 6.54 Å². The molecule has 0 saturated heterocycles. The Morgan fingerprint density at radius 1 is 0.958 bits per heavy atom. The first-order valence-corrected chi connectivity index (χ1v) is 8.31. The number of rotatable bonds is 4. The molecule has 0 fully saturated rings. The number of hydrogen-bond donors (Lipinski definition) is 2. The fourth-order valence-electron chi connectivity index (χ4n) is 2.58. The van der Waals surface area contributed by atoms with E-state index in [0.717, 1.165) is 15.6 Å². The lowest BCUT2D eigenvalue weighted by Crippen LogP contribution is -2.06. The fourth-order valence-corrected chi connectivity index (χ4v) is 2.84.